The van der Waals surface area contributed by atoms with Crippen molar-refractivity contribution < 1.29 is 18.0 Å². The molecule has 3 rings (SSSR count). The van der Waals surface area contributed by atoms with E-state index < -0.39 is 12.7 Å². The molecule has 148 valence electrons. The Bertz CT molecular complexity index is 1010. The summed E-state index contributed by atoms with van der Waals surface area (Å²) in [7, 11) is 0. The lowest BCUT2D eigenvalue weighted by atomic mass is 10.2. The first-order valence-corrected chi connectivity index (χ1v) is 9.39. The summed E-state index contributed by atoms with van der Waals surface area (Å²) in [4.78, 5) is 12.7. The minimum absolute atomic E-state index is 0.0434. The average molecular weight is 409 g/mol. The summed E-state index contributed by atoms with van der Waals surface area (Å²) in [6, 6.07) is 9.71. The summed E-state index contributed by atoms with van der Waals surface area (Å²) in [5.74, 6) is -0.255. The van der Waals surface area contributed by atoms with Gasteiger partial charge in [-0.05, 0) is 55.0 Å². The van der Waals surface area contributed by atoms with E-state index >= 15 is 0 Å². The van der Waals surface area contributed by atoms with Gasteiger partial charge in [-0.1, -0.05) is 23.9 Å². The molecule has 0 saturated carbocycles. The molecule has 0 fully saturated rings. The minimum atomic E-state index is -4.44. The van der Waals surface area contributed by atoms with Crippen LogP contribution >= 0.6 is 11.8 Å². The van der Waals surface area contributed by atoms with Crippen molar-refractivity contribution in [3.8, 4) is 5.69 Å². The van der Waals surface area contributed by atoms with E-state index in [1.165, 1.54) is 0 Å². The number of carbonyl (C=O) groups is 1. The molecule has 0 bridgehead atoms. The molecule has 10 heteroatoms. The molecule has 2 aromatic heterocycles. The van der Waals surface area contributed by atoms with Gasteiger partial charge in [0.2, 0.25) is 5.16 Å². The Morgan fingerprint density at radius 2 is 1.93 bits per heavy atom. The highest BCUT2D eigenvalue weighted by Crippen LogP contribution is 2.25. The second-order valence-electron chi connectivity index (χ2n) is 6.41. The Morgan fingerprint density at radius 3 is 2.61 bits per heavy atom. The summed E-state index contributed by atoms with van der Waals surface area (Å²) in [5, 5.41) is 10.1. The molecule has 0 spiro atoms. The van der Waals surface area contributed by atoms with Gasteiger partial charge in [-0.25, -0.2) is 4.68 Å². The minimum Gasteiger partial charge on any atom is -0.318 e. The van der Waals surface area contributed by atoms with Crippen LogP contribution in [-0.4, -0.2) is 42.5 Å². The van der Waals surface area contributed by atoms with Crippen molar-refractivity contribution in [1.29, 1.82) is 0 Å². The van der Waals surface area contributed by atoms with Crippen molar-refractivity contribution in [3.05, 3.63) is 52.8 Å². The second kappa shape index (κ2) is 7.78. The molecule has 0 atom stereocenters. The van der Waals surface area contributed by atoms with Crippen LogP contribution in [-0.2, 0) is 6.54 Å². The normalized spacial score (nSPS) is 11.8. The zero-order valence-corrected chi connectivity index (χ0v) is 16.3. The van der Waals surface area contributed by atoms with Gasteiger partial charge in [0, 0.05) is 22.6 Å². The van der Waals surface area contributed by atoms with Crippen LogP contribution < -0.4 is 0 Å². The quantitative estimate of drug-likeness (QED) is 0.456. The van der Waals surface area contributed by atoms with E-state index in [1.54, 1.807) is 6.07 Å². The molecule has 1 aromatic carbocycles. The van der Waals surface area contributed by atoms with Crippen LogP contribution in [0.5, 0.6) is 0 Å². The number of hydrogen-bond donors (Lipinski definition) is 0. The largest absolute Gasteiger partial charge is 0.408 e. The first kappa shape index (κ1) is 20.1. The summed E-state index contributed by atoms with van der Waals surface area (Å²) in [6.45, 7) is 4.45. The van der Waals surface area contributed by atoms with Crippen molar-refractivity contribution in [3.63, 3.8) is 0 Å². The summed E-state index contributed by atoms with van der Waals surface area (Å²) in [5.41, 5.74) is 4.27. The lowest BCUT2D eigenvalue weighted by molar-refractivity contribution is -0.144. The number of alkyl halides is 3. The SMILES string of the molecule is Cc1cccc(-n2c(C)cc(C(=O)CSc3nnnn3CC(F)(F)F)c2C)c1. The predicted octanol–water partition coefficient (Wildman–Crippen LogP) is 3.93. The third-order valence-corrected chi connectivity index (χ3v) is 5.11. The molecule has 0 unspecified atom stereocenters. The van der Waals surface area contributed by atoms with Gasteiger partial charge in [0.15, 0.2) is 5.78 Å². The van der Waals surface area contributed by atoms with Crippen molar-refractivity contribution in [2.75, 3.05) is 5.75 Å². The highest BCUT2D eigenvalue weighted by Gasteiger charge is 2.30. The lowest BCUT2D eigenvalue weighted by Gasteiger charge is -2.10. The number of carbonyl (C=O) groups excluding carboxylic acids is 1. The maximum absolute atomic E-state index is 12.7. The number of thioether (sulfide) groups is 1. The highest BCUT2D eigenvalue weighted by atomic mass is 32.2. The number of tetrazole rings is 1. The Labute approximate surface area is 163 Å². The molecule has 28 heavy (non-hydrogen) atoms. The number of ketones is 1. The Morgan fingerprint density at radius 1 is 1.18 bits per heavy atom. The van der Waals surface area contributed by atoms with Gasteiger partial charge in [0.25, 0.3) is 0 Å². The Balaban J connectivity index is 1.78. The van der Waals surface area contributed by atoms with Crippen molar-refractivity contribution in [2.24, 2.45) is 0 Å². The smallest absolute Gasteiger partial charge is 0.318 e. The number of nitrogens with zero attached hydrogens (tertiary/aromatic N) is 5. The van der Waals surface area contributed by atoms with E-state index in [9.17, 15) is 18.0 Å². The third kappa shape index (κ3) is 4.44. The summed E-state index contributed by atoms with van der Waals surface area (Å²) < 4.78 is 40.3. The zero-order chi connectivity index (χ0) is 20.5. The molecule has 6 nitrogen and oxygen atoms in total. The second-order valence-corrected chi connectivity index (χ2v) is 7.35. The zero-order valence-electron chi connectivity index (χ0n) is 15.5. The molecule has 0 amide bonds. The summed E-state index contributed by atoms with van der Waals surface area (Å²) >= 11 is 0.887. The average Bonchev–Trinajstić information content (AvgIpc) is 3.15. The predicted molar refractivity (Wildman–Crippen MR) is 98.9 cm³/mol. The van der Waals surface area contributed by atoms with E-state index in [0.29, 0.717) is 10.2 Å². The van der Waals surface area contributed by atoms with Crippen LogP contribution in [0, 0.1) is 20.8 Å². The number of aryl methyl sites for hydroxylation is 2. The number of benzene rings is 1. The summed E-state index contributed by atoms with van der Waals surface area (Å²) in [6.07, 6.45) is -4.44. The van der Waals surface area contributed by atoms with Gasteiger partial charge in [0.1, 0.15) is 6.54 Å². The van der Waals surface area contributed by atoms with Gasteiger partial charge in [-0.2, -0.15) is 13.2 Å². The van der Waals surface area contributed by atoms with Crippen LogP contribution in [0.1, 0.15) is 27.3 Å². The molecule has 2 heterocycles. The van der Waals surface area contributed by atoms with E-state index in [4.69, 9.17) is 0 Å². The molecular weight excluding hydrogens is 391 g/mol. The molecule has 3 aromatic rings. The first-order chi connectivity index (χ1) is 13.2. The number of halogens is 3. The third-order valence-electron chi connectivity index (χ3n) is 4.15. The number of rotatable bonds is 6. The molecule has 0 aliphatic rings. The van der Waals surface area contributed by atoms with Crippen LogP contribution in [0.15, 0.2) is 35.5 Å². The Hall–Kier alpha value is -2.62. The van der Waals surface area contributed by atoms with Crippen LogP contribution in [0.25, 0.3) is 5.69 Å². The first-order valence-electron chi connectivity index (χ1n) is 8.40. The van der Waals surface area contributed by atoms with Gasteiger partial charge in [-0.15, -0.1) is 5.10 Å². The molecule has 0 aliphatic heterocycles. The maximum atomic E-state index is 12.7. The molecule has 0 saturated heterocycles. The van der Waals surface area contributed by atoms with E-state index in [0.717, 1.165) is 34.4 Å². The number of hydrogen-bond acceptors (Lipinski definition) is 5. The molecule has 0 radical (unpaired) electrons. The Kier molecular flexibility index (Phi) is 5.59. The van der Waals surface area contributed by atoms with Gasteiger partial charge < -0.3 is 4.57 Å². The fraction of sp³-hybridized carbons (Fsp3) is 0.333. The van der Waals surface area contributed by atoms with E-state index in [1.807, 2.05) is 49.6 Å². The highest BCUT2D eigenvalue weighted by molar-refractivity contribution is 7.99. The van der Waals surface area contributed by atoms with E-state index in [-0.39, 0.29) is 16.7 Å². The van der Waals surface area contributed by atoms with Gasteiger partial charge in [-0.3, -0.25) is 4.79 Å². The van der Waals surface area contributed by atoms with Crippen molar-refractivity contribution in [2.45, 2.75) is 38.6 Å². The molecular formula is C18H18F3N5OS. The lowest BCUT2D eigenvalue weighted by Crippen LogP contribution is -2.19. The van der Waals surface area contributed by atoms with Crippen molar-refractivity contribution >= 4 is 17.5 Å². The van der Waals surface area contributed by atoms with Crippen LogP contribution in [0.3, 0.4) is 0 Å². The molecule has 0 N–H and O–H groups in total. The maximum Gasteiger partial charge on any atom is 0.408 e. The van der Waals surface area contributed by atoms with Gasteiger partial charge in [0.05, 0.1) is 5.75 Å². The number of aromatic nitrogens is 5. The fourth-order valence-electron chi connectivity index (χ4n) is 2.99. The standard InChI is InChI=1S/C18H18F3N5OS/c1-11-5-4-6-14(7-11)26-12(2)8-15(13(26)3)16(27)9-28-17-22-23-24-25(17)10-18(19,20)21/h4-8H,9-10H2,1-3H3. The molecule has 0 aliphatic carbocycles. The number of Topliss-reactive ketones (excluding diaryl/α,β-unsaturated/α-hetero) is 1. The van der Waals surface area contributed by atoms with Gasteiger partial charge >= 0.3 is 6.18 Å². The topological polar surface area (TPSA) is 65.6 Å². The monoisotopic (exact) mass is 409 g/mol. The van der Waals surface area contributed by atoms with E-state index in [2.05, 4.69) is 15.5 Å². The van der Waals surface area contributed by atoms with Crippen LogP contribution in [0.4, 0.5) is 13.2 Å². The fourth-order valence-corrected chi connectivity index (χ4v) is 3.75. The van der Waals surface area contributed by atoms with Crippen molar-refractivity contribution in [1.82, 2.24) is 24.8 Å². The van der Waals surface area contributed by atoms with Crippen LogP contribution in [0.2, 0.25) is 0 Å².